The Morgan fingerprint density at radius 3 is 2.50 bits per heavy atom. The van der Waals surface area contributed by atoms with Crippen LogP contribution in [-0.2, 0) is 0 Å². The maximum absolute atomic E-state index is 13.7. The number of benzene rings is 3. The van der Waals surface area contributed by atoms with Crippen molar-refractivity contribution in [3.63, 3.8) is 0 Å². The van der Waals surface area contributed by atoms with E-state index >= 15 is 0 Å². The van der Waals surface area contributed by atoms with E-state index in [4.69, 9.17) is 4.74 Å². The highest BCUT2D eigenvalue weighted by Crippen LogP contribution is 2.50. The number of ether oxygens (including phenoxy) is 1. The van der Waals surface area contributed by atoms with Crippen LogP contribution in [0.5, 0.6) is 5.75 Å². The van der Waals surface area contributed by atoms with E-state index in [0.717, 1.165) is 33.7 Å². The summed E-state index contributed by atoms with van der Waals surface area (Å²) in [6.07, 6.45) is 3.26. The second-order valence-corrected chi connectivity index (χ2v) is 8.58. The van der Waals surface area contributed by atoms with Crippen LogP contribution in [0, 0.1) is 5.82 Å². The predicted octanol–water partition coefficient (Wildman–Crippen LogP) is 5.70. The van der Waals surface area contributed by atoms with Gasteiger partial charge in [-0.1, -0.05) is 36.4 Å². The Labute approximate surface area is 189 Å². The Balaban J connectivity index is 1.60. The number of para-hydroxylation sites is 1. The molecule has 2 atom stereocenters. The number of nitrogens with one attached hydrogen (secondary N) is 1. The van der Waals surface area contributed by atoms with Crippen molar-refractivity contribution in [1.82, 2.24) is 14.8 Å². The van der Waals surface area contributed by atoms with Gasteiger partial charge < -0.3 is 10.1 Å². The van der Waals surface area contributed by atoms with Crippen LogP contribution in [-0.4, -0.2) is 21.0 Å². The molecule has 0 saturated heterocycles. The quantitative estimate of drug-likeness (QED) is 0.413. The zero-order valence-corrected chi connectivity index (χ0v) is 18.0. The SMILES string of the molecule is CSc1ccc([C@H]2Oc3ccccc3C3=C2[C@H](c2ccc(F)cc2)n2ncnc2N3)cc1. The molecular formula is C25H19FN4OS. The molecule has 0 bridgehead atoms. The Hall–Kier alpha value is -3.58. The average molecular weight is 443 g/mol. The van der Waals surface area contributed by atoms with Crippen LogP contribution in [0.2, 0.25) is 0 Å². The number of hydrogen-bond acceptors (Lipinski definition) is 5. The number of aromatic nitrogens is 3. The molecular weight excluding hydrogens is 423 g/mol. The first-order valence-electron chi connectivity index (χ1n) is 10.3. The van der Waals surface area contributed by atoms with Crippen LogP contribution in [0.25, 0.3) is 5.70 Å². The van der Waals surface area contributed by atoms with Gasteiger partial charge in [-0.05, 0) is 53.8 Å². The van der Waals surface area contributed by atoms with E-state index in [1.54, 1.807) is 23.9 Å². The Bertz CT molecular complexity index is 1330. The first kappa shape index (κ1) is 19.1. The lowest BCUT2D eigenvalue weighted by molar-refractivity contribution is 0.223. The minimum absolute atomic E-state index is 0.273. The van der Waals surface area contributed by atoms with Crippen LogP contribution in [0.15, 0.2) is 89.6 Å². The van der Waals surface area contributed by atoms with Crippen molar-refractivity contribution in [3.8, 4) is 5.75 Å². The number of hydrogen-bond donors (Lipinski definition) is 1. The van der Waals surface area contributed by atoms with E-state index in [1.165, 1.54) is 23.4 Å². The molecule has 0 spiro atoms. The molecule has 4 aromatic rings. The second kappa shape index (κ2) is 7.53. The molecule has 7 heteroatoms. The molecule has 6 rings (SSSR count). The summed E-state index contributed by atoms with van der Waals surface area (Å²) in [5.41, 5.74) is 4.91. The van der Waals surface area contributed by atoms with Crippen molar-refractivity contribution < 1.29 is 9.13 Å². The summed E-state index contributed by atoms with van der Waals surface area (Å²) in [6, 6.07) is 22.7. The summed E-state index contributed by atoms with van der Waals surface area (Å²) in [5, 5.41) is 7.98. The summed E-state index contributed by atoms with van der Waals surface area (Å²) in [6.45, 7) is 0. The lowest BCUT2D eigenvalue weighted by atomic mass is 9.84. The van der Waals surface area contributed by atoms with Crippen LogP contribution in [0.1, 0.15) is 28.8 Å². The van der Waals surface area contributed by atoms with E-state index in [2.05, 4.69) is 45.9 Å². The van der Waals surface area contributed by atoms with Gasteiger partial charge >= 0.3 is 0 Å². The lowest BCUT2D eigenvalue weighted by Crippen LogP contribution is -2.32. The van der Waals surface area contributed by atoms with E-state index in [1.807, 2.05) is 28.9 Å². The fourth-order valence-corrected chi connectivity index (χ4v) is 4.85. The van der Waals surface area contributed by atoms with Gasteiger partial charge in [-0.25, -0.2) is 9.07 Å². The first-order valence-corrected chi connectivity index (χ1v) is 11.5. The van der Waals surface area contributed by atoms with E-state index in [0.29, 0.717) is 5.95 Å². The summed E-state index contributed by atoms with van der Waals surface area (Å²) < 4.78 is 22.2. The van der Waals surface area contributed by atoms with Crippen LogP contribution < -0.4 is 10.1 Å². The monoisotopic (exact) mass is 442 g/mol. The van der Waals surface area contributed by atoms with E-state index in [9.17, 15) is 4.39 Å². The molecule has 158 valence electrons. The summed E-state index contributed by atoms with van der Waals surface area (Å²) in [7, 11) is 0. The predicted molar refractivity (Wildman–Crippen MR) is 123 cm³/mol. The number of fused-ring (bicyclic) bond motifs is 3. The Morgan fingerprint density at radius 2 is 1.72 bits per heavy atom. The molecule has 1 aromatic heterocycles. The van der Waals surface area contributed by atoms with Crippen molar-refractivity contribution in [1.29, 1.82) is 0 Å². The van der Waals surface area contributed by atoms with Crippen LogP contribution in [0.3, 0.4) is 0 Å². The van der Waals surface area contributed by atoms with Crippen LogP contribution in [0.4, 0.5) is 10.3 Å². The number of rotatable bonds is 3. The zero-order chi connectivity index (χ0) is 21.7. The zero-order valence-electron chi connectivity index (χ0n) is 17.2. The van der Waals surface area contributed by atoms with Gasteiger partial charge in [0.2, 0.25) is 5.95 Å². The van der Waals surface area contributed by atoms with Gasteiger partial charge in [-0.3, -0.25) is 0 Å². The molecule has 2 aliphatic heterocycles. The maximum Gasteiger partial charge on any atom is 0.226 e. The average Bonchev–Trinajstić information content (AvgIpc) is 3.31. The first-order chi connectivity index (χ1) is 15.7. The molecule has 3 aromatic carbocycles. The maximum atomic E-state index is 13.7. The summed E-state index contributed by atoms with van der Waals surface area (Å²) in [5.74, 6) is 1.18. The molecule has 0 radical (unpaired) electrons. The van der Waals surface area contributed by atoms with Crippen molar-refractivity contribution in [3.05, 3.63) is 107 Å². The number of thioether (sulfide) groups is 1. The van der Waals surface area contributed by atoms with E-state index in [-0.39, 0.29) is 18.0 Å². The highest BCUT2D eigenvalue weighted by atomic mass is 32.2. The van der Waals surface area contributed by atoms with Gasteiger partial charge in [0.25, 0.3) is 0 Å². The van der Waals surface area contributed by atoms with Gasteiger partial charge in [0.1, 0.15) is 30.0 Å². The fraction of sp³-hybridized carbons (Fsp3) is 0.120. The summed E-state index contributed by atoms with van der Waals surface area (Å²) >= 11 is 1.70. The standard InChI is InChI=1S/C25H19FN4OS/c1-32-18-12-8-16(9-13-18)24-21-22(19-4-2-3-5-20(19)31-24)29-25-27-14-28-30(25)23(21)15-6-10-17(26)11-7-15/h2-14,23-24H,1H3,(H,27,28,29)/t23-,24+/m0/s1. The topological polar surface area (TPSA) is 52.0 Å². The van der Waals surface area contributed by atoms with Gasteiger partial charge in [-0.15, -0.1) is 11.8 Å². The van der Waals surface area contributed by atoms with Gasteiger partial charge in [0.05, 0.1) is 5.70 Å². The molecule has 2 aliphatic rings. The van der Waals surface area contributed by atoms with Crippen LogP contribution >= 0.6 is 11.8 Å². The van der Waals surface area contributed by atoms with E-state index < -0.39 is 0 Å². The van der Waals surface area contributed by atoms with Gasteiger partial charge in [0.15, 0.2) is 0 Å². The summed E-state index contributed by atoms with van der Waals surface area (Å²) in [4.78, 5) is 5.61. The molecule has 0 saturated carbocycles. The number of halogens is 1. The van der Waals surface area contributed by atoms with Crippen molar-refractivity contribution >= 4 is 23.4 Å². The third kappa shape index (κ3) is 3.00. The Morgan fingerprint density at radius 1 is 0.969 bits per heavy atom. The molecule has 0 amide bonds. The second-order valence-electron chi connectivity index (χ2n) is 7.70. The van der Waals surface area contributed by atoms with Gasteiger partial charge in [0, 0.05) is 16.0 Å². The molecule has 5 nitrogen and oxygen atoms in total. The number of nitrogens with zero attached hydrogens (tertiary/aromatic N) is 3. The normalized spacial score (nSPS) is 18.8. The fourth-order valence-electron chi connectivity index (χ4n) is 4.44. The minimum Gasteiger partial charge on any atom is -0.480 e. The molecule has 0 aliphatic carbocycles. The van der Waals surface area contributed by atoms with Crippen molar-refractivity contribution in [2.24, 2.45) is 0 Å². The lowest BCUT2D eigenvalue weighted by Gasteiger charge is -2.39. The number of anilines is 1. The van der Waals surface area contributed by atoms with Crippen molar-refractivity contribution in [2.75, 3.05) is 11.6 Å². The molecule has 32 heavy (non-hydrogen) atoms. The highest BCUT2D eigenvalue weighted by Gasteiger charge is 2.40. The minimum atomic E-state index is -0.337. The third-order valence-corrected chi connectivity index (χ3v) is 6.67. The molecule has 0 fully saturated rings. The molecule has 3 heterocycles. The third-order valence-electron chi connectivity index (χ3n) is 5.93. The largest absolute Gasteiger partial charge is 0.480 e. The molecule has 1 N–H and O–H groups in total. The smallest absolute Gasteiger partial charge is 0.226 e. The highest BCUT2D eigenvalue weighted by molar-refractivity contribution is 7.98. The van der Waals surface area contributed by atoms with Gasteiger partial charge in [-0.2, -0.15) is 10.1 Å². The Kier molecular flexibility index (Phi) is 4.50. The van der Waals surface area contributed by atoms with Crippen molar-refractivity contribution in [2.45, 2.75) is 17.0 Å². The molecule has 0 unspecified atom stereocenters.